The van der Waals surface area contributed by atoms with Crippen LogP contribution >= 0.6 is 0 Å². The van der Waals surface area contributed by atoms with Crippen molar-refractivity contribution >= 4 is 13.7 Å². The molecule has 0 amide bonds. The van der Waals surface area contributed by atoms with E-state index in [4.69, 9.17) is 15.2 Å². The summed E-state index contributed by atoms with van der Waals surface area (Å²) in [5, 5.41) is 22.4. The zero-order chi connectivity index (χ0) is 10.8. The number of carbonyl (C=O) groups is 1. The number of aliphatic carboxylic acids is 1. The first-order valence-electron chi connectivity index (χ1n) is 4.06. The molecule has 3 N–H and O–H groups in total. The number of benzene rings is 1. The Balaban J connectivity index is 0.000000500. The molecule has 1 aromatic carbocycles. The van der Waals surface area contributed by atoms with Crippen LogP contribution in [0.1, 0.15) is 12.0 Å². The number of hydrogen-bond donors (Lipinski definition) is 3. The highest BCUT2D eigenvalue weighted by Gasteiger charge is 1.96. The minimum Gasteiger partial charge on any atom is -0.481 e. The summed E-state index contributed by atoms with van der Waals surface area (Å²) in [7, 11) is 0. The zero-order valence-corrected chi connectivity index (χ0v) is 7.63. The van der Waals surface area contributed by atoms with Gasteiger partial charge in [-0.25, -0.2) is 0 Å². The van der Waals surface area contributed by atoms with E-state index in [1.165, 1.54) is 0 Å². The van der Waals surface area contributed by atoms with Crippen molar-refractivity contribution in [1.82, 2.24) is 0 Å². The van der Waals surface area contributed by atoms with E-state index in [1.807, 2.05) is 30.3 Å². The lowest BCUT2D eigenvalue weighted by atomic mass is 10.1. The van der Waals surface area contributed by atoms with Gasteiger partial charge in [0.25, 0.3) is 0 Å². The Hall–Kier alpha value is -1.33. The van der Waals surface area contributed by atoms with Gasteiger partial charge in [0.05, 0.1) is 0 Å². The maximum absolute atomic E-state index is 10.2. The molecule has 0 aliphatic carbocycles. The van der Waals surface area contributed by atoms with Crippen LogP contribution in [0.5, 0.6) is 0 Å². The summed E-state index contributed by atoms with van der Waals surface area (Å²) in [5.41, 5.74) is 1.08. The maximum atomic E-state index is 10.2. The Morgan fingerprint density at radius 3 is 2.14 bits per heavy atom. The van der Waals surface area contributed by atoms with Gasteiger partial charge >= 0.3 is 13.7 Å². The van der Waals surface area contributed by atoms with Gasteiger partial charge in [-0.15, -0.1) is 0 Å². The van der Waals surface area contributed by atoms with Gasteiger partial charge in [0.1, 0.15) is 0 Å². The molecule has 0 bridgehead atoms. The first-order chi connectivity index (χ1) is 6.70. The fourth-order valence-corrected chi connectivity index (χ4v) is 0.896. The van der Waals surface area contributed by atoms with Crippen LogP contribution in [-0.2, 0) is 11.2 Å². The number of carboxylic acids is 1. The molecular weight excluding hydrogens is 183 g/mol. The first-order valence-corrected chi connectivity index (χ1v) is 4.06. The van der Waals surface area contributed by atoms with E-state index in [9.17, 15) is 4.79 Å². The highest BCUT2D eigenvalue weighted by molar-refractivity contribution is 6.13. The average Bonchev–Trinajstić information content (AvgIpc) is 2.18. The second-order valence-corrected chi connectivity index (χ2v) is 2.49. The Morgan fingerprint density at radius 1 is 1.21 bits per heavy atom. The van der Waals surface area contributed by atoms with Crippen LogP contribution in [0.25, 0.3) is 0 Å². The predicted octanol–water partition coefficient (Wildman–Crippen LogP) is 0.209. The number of rotatable bonds is 3. The number of hydrogen-bond acceptors (Lipinski definition) is 3. The van der Waals surface area contributed by atoms with Crippen LogP contribution in [0.2, 0.25) is 0 Å². The van der Waals surface area contributed by atoms with Crippen molar-refractivity contribution in [3.63, 3.8) is 0 Å². The third-order valence-corrected chi connectivity index (χ3v) is 1.47. The SMILES string of the molecule is O=C(O)CCc1ccccc1.O[B]O. The van der Waals surface area contributed by atoms with E-state index >= 15 is 0 Å². The molecule has 0 aliphatic heterocycles. The second-order valence-electron chi connectivity index (χ2n) is 2.49. The van der Waals surface area contributed by atoms with Gasteiger partial charge in [0.2, 0.25) is 0 Å². The van der Waals surface area contributed by atoms with Crippen molar-refractivity contribution in [2.75, 3.05) is 0 Å². The van der Waals surface area contributed by atoms with Gasteiger partial charge in [-0.05, 0) is 12.0 Å². The molecule has 0 saturated carbocycles. The third-order valence-electron chi connectivity index (χ3n) is 1.47. The van der Waals surface area contributed by atoms with E-state index in [1.54, 1.807) is 0 Å². The molecule has 1 radical (unpaired) electrons. The van der Waals surface area contributed by atoms with Gasteiger partial charge in [-0.2, -0.15) is 0 Å². The lowest BCUT2D eigenvalue weighted by Crippen LogP contribution is -1.96. The zero-order valence-electron chi connectivity index (χ0n) is 7.63. The minimum atomic E-state index is -0.742. The highest BCUT2D eigenvalue weighted by Crippen LogP contribution is 2.01. The summed E-state index contributed by atoms with van der Waals surface area (Å²) in [6, 6.07) is 9.62. The molecule has 5 heteroatoms. The molecule has 0 aliphatic rings. The largest absolute Gasteiger partial charge is 0.482 e. The standard InChI is InChI=1S/C9H10O2.BH2O2/c10-9(11)7-6-8-4-2-1-3-5-8;2-1-3/h1-5H,6-7H2,(H,10,11);2-3H. The molecule has 75 valence electrons. The number of aryl methyl sites for hydroxylation is 1. The Kier molecular flexibility index (Phi) is 7.50. The fourth-order valence-electron chi connectivity index (χ4n) is 0.896. The molecule has 0 spiro atoms. The Labute approximate surface area is 83.1 Å². The normalized spacial score (nSPS) is 8.43. The molecule has 0 aromatic heterocycles. The lowest BCUT2D eigenvalue weighted by molar-refractivity contribution is -0.136. The molecule has 4 nitrogen and oxygen atoms in total. The van der Waals surface area contributed by atoms with Crippen molar-refractivity contribution in [2.24, 2.45) is 0 Å². The van der Waals surface area contributed by atoms with Gasteiger partial charge in [-0.3, -0.25) is 4.79 Å². The maximum Gasteiger partial charge on any atom is 0.482 e. The molecule has 0 saturated heterocycles. The van der Waals surface area contributed by atoms with Gasteiger partial charge in [0, 0.05) is 6.42 Å². The Bertz CT molecular complexity index is 250. The second kappa shape index (κ2) is 8.28. The lowest BCUT2D eigenvalue weighted by Gasteiger charge is -1.95. The highest BCUT2D eigenvalue weighted by atomic mass is 16.4. The van der Waals surface area contributed by atoms with Gasteiger partial charge < -0.3 is 15.2 Å². The molecular formula is C9H12BO4. The average molecular weight is 195 g/mol. The van der Waals surface area contributed by atoms with E-state index in [-0.39, 0.29) is 14.1 Å². The van der Waals surface area contributed by atoms with Crippen LogP contribution in [-0.4, -0.2) is 28.8 Å². The monoisotopic (exact) mass is 195 g/mol. The van der Waals surface area contributed by atoms with Crippen LogP contribution < -0.4 is 0 Å². The summed E-state index contributed by atoms with van der Waals surface area (Å²) < 4.78 is 0. The molecule has 0 heterocycles. The molecule has 0 fully saturated rings. The summed E-state index contributed by atoms with van der Waals surface area (Å²) in [5.74, 6) is -0.742. The summed E-state index contributed by atoms with van der Waals surface area (Å²) >= 11 is 0. The van der Waals surface area contributed by atoms with Crippen molar-refractivity contribution in [3.8, 4) is 0 Å². The molecule has 14 heavy (non-hydrogen) atoms. The van der Waals surface area contributed by atoms with Crippen molar-refractivity contribution in [1.29, 1.82) is 0 Å². The summed E-state index contributed by atoms with van der Waals surface area (Å²) in [6.07, 6.45) is 0.834. The molecule has 1 rings (SSSR count). The van der Waals surface area contributed by atoms with Crippen LogP contribution in [0.3, 0.4) is 0 Å². The topological polar surface area (TPSA) is 77.8 Å². The van der Waals surface area contributed by atoms with E-state index in [0.717, 1.165) is 5.56 Å². The van der Waals surface area contributed by atoms with Crippen molar-refractivity contribution in [2.45, 2.75) is 12.8 Å². The van der Waals surface area contributed by atoms with Crippen molar-refractivity contribution in [3.05, 3.63) is 35.9 Å². The smallest absolute Gasteiger partial charge is 0.481 e. The Morgan fingerprint density at radius 2 is 1.71 bits per heavy atom. The molecule has 0 unspecified atom stereocenters. The fraction of sp³-hybridized carbons (Fsp3) is 0.222. The third kappa shape index (κ3) is 7.33. The minimum absolute atomic E-state index is 0. The van der Waals surface area contributed by atoms with Gasteiger partial charge in [-0.1, -0.05) is 30.3 Å². The summed E-state index contributed by atoms with van der Waals surface area (Å²) in [6.45, 7) is 0. The van der Waals surface area contributed by atoms with E-state index < -0.39 is 5.97 Å². The van der Waals surface area contributed by atoms with Crippen LogP contribution in [0.4, 0.5) is 0 Å². The first kappa shape index (κ1) is 12.7. The predicted molar refractivity (Wildman–Crippen MR) is 52.6 cm³/mol. The van der Waals surface area contributed by atoms with Gasteiger partial charge in [0.15, 0.2) is 0 Å². The van der Waals surface area contributed by atoms with Crippen LogP contribution in [0, 0.1) is 0 Å². The van der Waals surface area contributed by atoms with Crippen molar-refractivity contribution < 1.29 is 19.9 Å². The quantitative estimate of drug-likeness (QED) is 0.602. The van der Waals surface area contributed by atoms with E-state index in [0.29, 0.717) is 6.42 Å². The summed E-state index contributed by atoms with van der Waals surface area (Å²) in [4.78, 5) is 10.2. The molecule has 0 atom stereocenters. The molecule has 1 aromatic rings. The van der Waals surface area contributed by atoms with Crippen LogP contribution in [0.15, 0.2) is 30.3 Å². The van der Waals surface area contributed by atoms with E-state index in [2.05, 4.69) is 0 Å². The number of carboxylic acid groups (broad SMARTS) is 1.